The van der Waals surface area contributed by atoms with Crippen LogP contribution in [0, 0.1) is 11.7 Å². The fourth-order valence-electron chi connectivity index (χ4n) is 2.91. The molecule has 0 bridgehead atoms. The zero-order valence-electron chi connectivity index (χ0n) is 11.6. The summed E-state index contributed by atoms with van der Waals surface area (Å²) in [5, 5.41) is 3.31. The van der Waals surface area contributed by atoms with E-state index in [2.05, 4.69) is 19.2 Å². The fourth-order valence-corrected chi connectivity index (χ4v) is 2.91. The predicted molar refractivity (Wildman–Crippen MR) is 70.0 cm³/mol. The van der Waals surface area contributed by atoms with Gasteiger partial charge in [-0.2, -0.15) is 13.2 Å². The van der Waals surface area contributed by atoms with Crippen LogP contribution in [-0.4, -0.2) is 12.6 Å². The maximum absolute atomic E-state index is 13.5. The van der Waals surface area contributed by atoms with E-state index in [1.807, 2.05) is 0 Å². The molecule has 0 radical (unpaired) electrons. The Bertz CT molecular complexity index is 467. The van der Waals surface area contributed by atoms with E-state index in [1.165, 1.54) is 6.07 Å². The van der Waals surface area contributed by atoms with E-state index in [0.717, 1.165) is 25.5 Å². The molecule has 1 aromatic rings. The van der Waals surface area contributed by atoms with Gasteiger partial charge in [-0.3, -0.25) is 0 Å². The molecule has 5 heteroatoms. The Morgan fingerprint density at radius 3 is 2.55 bits per heavy atom. The summed E-state index contributed by atoms with van der Waals surface area (Å²) in [5.74, 6) is -0.414. The monoisotopic (exact) mass is 289 g/mol. The van der Waals surface area contributed by atoms with Crippen molar-refractivity contribution in [2.75, 3.05) is 6.54 Å². The Morgan fingerprint density at radius 2 is 1.95 bits per heavy atom. The van der Waals surface area contributed by atoms with Crippen molar-refractivity contribution in [2.24, 2.45) is 5.92 Å². The van der Waals surface area contributed by atoms with Crippen LogP contribution in [0.25, 0.3) is 0 Å². The quantitative estimate of drug-likeness (QED) is 0.816. The van der Waals surface area contributed by atoms with Gasteiger partial charge in [0.1, 0.15) is 5.82 Å². The van der Waals surface area contributed by atoms with Crippen molar-refractivity contribution in [2.45, 2.75) is 44.8 Å². The van der Waals surface area contributed by atoms with Crippen molar-refractivity contribution in [1.29, 1.82) is 0 Å². The highest BCUT2D eigenvalue weighted by Crippen LogP contribution is 2.36. The van der Waals surface area contributed by atoms with E-state index in [1.54, 1.807) is 0 Å². The van der Waals surface area contributed by atoms with E-state index in [-0.39, 0.29) is 12.0 Å². The number of alkyl halides is 3. The number of benzene rings is 1. The minimum absolute atomic E-state index is 0.0470. The lowest BCUT2D eigenvalue weighted by Gasteiger charge is -2.22. The van der Waals surface area contributed by atoms with Crippen molar-refractivity contribution in [3.05, 3.63) is 35.1 Å². The number of rotatable bonds is 3. The van der Waals surface area contributed by atoms with Gasteiger partial charge in [0.15, 0.2) is 0 Å². The second kappa shape index (κ2) is 5.72. The smallest absolute Gasteiger partial charge is 0.313 e. The highest BCUT2D eigenvalue weighted by Gasteiger charge is 2.34. The molecule has 0 aromatic heterocycles. The maximum Gasteiger partial charge on any atom is 0.416 e. The molecule has 1 aliphatic heterocycles. The molecule has 1 fully saturated rings. The summed E-state index contributed by atoms with van der Waals surface area (Å²) in [6.07, 6.45) is -2.88. The first-order valence-corrected chi connectivity index (χ1v) is 6.88. The van der Waals surface area contributed by atoms with Crippen molar-refractivity contribution < 1.29 is 17.6 Å². The molecule has 0 spiro atoms. The SMILES string of the molecule is CC(C)CC1NCCC1c1cc(F)cc(C(F)(F)F)c1. The second-order valence-electron chi connectivity index (χ2n) is 5.86. The van der Waals surface area contributed by atoms with Gasteiger partial charge in [0.25, 0.3) is 0 Å². The number of nitrogens with one attached hydrogen (secondary N) is 1. The first-order chi connectivity index (χ1) is 9.27. The number of halogens is 4. The maximum atomic E-state index is 13.5. The molecule has 0 amide bonds. The summed E-state index contributed by atoms with van der Waals surface area (Å²) in [6.45, 7) is 4.91. The molecule has 2 unspecified atom stereocenters. The Morgan fingerprint density at radius 1 is 1.25 bits per heavy atom. The normalized spacial score (nSPS) is 23.6. The molecule has 1 aliphatic rings. The van der Waals surface area contributed by atoms with E-state index in [9.17, 15) is 17.6 Å². The van der Waals surface area contributed by atoms with Crippen LogP contribution in [-0.2, 0) is 6.18 Å². The summed E-state index contributed by atoms with van der Waals surface area (Å²) < 4.78 is 51.8. The molecule has 1 N–H and O–H groups in total. The summed E-state index contributed by atoms with van der Waals surface area (Å²) in [6, 6.07) is 3.01. The average molecular weight is 289 g/mol. The third-order valence-electron chi connectivity index (χ3n) is 3.75. The van der Waals surface area contributed by atoms with Gasteiger partial charge in [0.2, 0.25) is 0 Å². The zero-order valence-corrected chi connectivity index (χ0v) is 11.6. The van der Waals surface area contributed by atoms with Gasteiger partial charge in [-0.05, 0) is 49.1 Å². The Balaban J connectivity index is 2.30. The molecular weight excluding hydrogens is 270 g/mol. The average Bonchev–Trinajstić information content (AvgIpc) is 2.74. The largest absolute Gasteiger partial charge is 0.416 e. The minimum Gasteiger partial charge on any atom is -0.313 e. The topological polar surface area (TPSA) is 12.0 Å². The standard InChI is InChI=1S/C15H19F4N/c1-9(2)5-14-13(3-4-20-14)10-6-11(15(17,18)19)8-12(16)7-10/h6-9,13-14,20H,3-5H2,1-2H3. The van der Waals surface area contributed by atoms with E-state index < -0.39 is 17.6 Å². The molecule has 20 heavy (non-hydrogen) atoms. The van der Waals surface area contributed by atoms with E-state index >= 15 is 0 Å². The van der Waals surface area contributed by atoms with Gasteiger partial charge in [-0.1, -0.05) is 13.8 Å². The second-order valence-corrected chi connectivity index (χ2v) is 5.86. The van der Waals surface area contributed by atoms with Crippen LogP contribution in [0.2, 0.25) is 0 Å². The molecule has 1 nitrogen and oxygen atoms in total. The molecular formula is C15H19F4N. The molecule has 2 atom stereocenters. The molecule has 0 aliphatic carbocycles. The number of hydrogen-bond donors (Lipinski definition) is 1. The van der Waals surface area contributed by atoms with Gasteiger partial charge in [0, 0.05) is 12.0 Å². The lowest BCUT2D eigenvalue weighted by molar-refractivity contribution is -0.137. The summed E-state index contributed by atoms with van der Waals surface area (Å²) in [7, 11) is 0. The van der Waals surface area contributed by atoms with Crippen LogP contribution in [0.4, 0.5) is 17.6 Å². The Hall–Kier alpha value is -1.10. The Labute approximate surface area is 116 Å². The Kier molecular flexibility index (Phi) is 4.37. The van der Waals surface area contributed by atoms with Gasteiger partial charge >= 0.3 is 6.18 Å². The first kappa shape index (κ1) is 15.3. The van der Waals surface area contributed by atoms with Gasteiger partial charge in [0.05, 0.1) is 5.56 Å². The highest BCUT2D eigenvalue weighted by molar-refractivity contribution is 5.31. The predicted octanol–water partition coefficient (Wildman–Crippen LogP) is 4.34. The molecule has 1 saturated heterocycles. The molecule has 1 aromatic carbocycles. The fraction of sp³-hybridized carbons (Fsp3) is 0.600. The van der Waals surface area contributed by atoms with Crippen LogP contribution >= 0.6 is 0 Å². The van der Waals surface area contributed by atoms with Crippen LogP contribution in [0.15, 0.2) is 18.2 Å². The van der Waals surface area contributed by atoms with E-state index in [0.29, 0.717) is 17.5 Å². The molecule has 112 valence electrons. The van der Waals surface area contributed by atoms with Gasteiger partial charge in [-0.15, -0.1) is 0 Å². The van der Waals surface area contributed by atoms with Crippen LogP contribution < -0.4 is 5.32 Å². The minimum atomic E-state index is -4.50. The van der Waals surface area contributed by atoms with Crippen LogP contribution in [0.1, 0.15) is 43.7 Å². The molecule has 2 rings (SSSR count). The first-order valence-electron chi connectivity index (χ1n) is 6.88. The van der Waals surface area contributed by atoms with Gasteiger partial charge < -0.3 is 5.32 Å². The molecule has 0 saturated carbocycles. The van der Waals surface area contributed by atoms with Crippen molar-refractivity contribution in [3.8, 4) is 0 Å². The van der Waals surface area contributed by atoms with Crippen LogP contribution in [0.3, 0.4) is 0 Å². The molecule has 1 heterocycles. The summed E-state index contributed by atoms with van der Waals surface area (Å²) in [4.78, 5) is 0. The summed E-state index contributed by atoms with van der Waals surface area (Å²) in [5.41, 5.74) is -0.448. The highest BCUT2D eigenvalue weighted by atomic mass is 19.4. The van der Waals surface area contributed by atoms with Crippen LogP contribution in [0.5, 0.6) is 0 Å². The lowest BCUT2D eigenvalue weighted by atomic mass is 9.86. The third kappa shape index (κ3) is 3.51. The third-order valence-corrected chi connectivity index (χ3v) is 3.75. The zero-order chi connectivity index (χ0) is 14.9. The lowest BCUT2D eigenvalue weighted by Crippen LogP contribution is -2.27. The van der Waals surface area contributed by atoms with Crippen molar-refractivity contribution in [1.82, 2.24) is 5.32 Å². The van der Waals surface area contributed by atoms with E-state index in [4.69, 9.17) is 0 Å². The van der Waals surface area contributed by atoms with Crippen molar-refractivity contribution in [3.63, 3.8) is 0 Å². The van der Waals surface area contributed by atoms with Crippen molar-refractivity contribution >= 4 is 0 Å². The summed E-state index contributed by atoms with van der Waals surface area (Å²) >= 11 is 0. The number of hydrogen-bond acceptors (Lipinski definition) is 1. The van der Waals surface area contributed by atoms with Gasteiger partial charge in [-0.25, -0.2) is 4.39 Å².